The standard InChI is InChI=1S/C10H16O6P2/c1-7-3-10(6-18(14,15)16)8(2)4-9(7)5-17(11,12)13/h3-4H,5-6H2,1-2H3,(H2,11,12,13)(H2,14,15,16). The van der Waals surface area contributed by atoms with Gasteiger partial charge < -0.3 is 19.6 Å². The first-order valence-electron chi connectivity index (χ1n) is 5.16. The normalized spacial score (nSPS) is 12.8. The first kappa shape index (κ1) is 15.6. The fraction of sp³-hybridized carbons (Fsp3) is 0.400. The van der Waals surface area contributed by atoms with Gasteiger partial charge >= 0.3 is 15.2 Å². The maximum Gasteiger partial charge on any atom is 0.329 e. The molecule has 1 rings (SSSR count). The van der Waals surface area contributed by atoms with Gasteiger partial charge in [-0.05, 0) is 36.1 Å². The van der Waals surface area contributed by atoms with Gasteiger partial charge in [0.2, 0.25) is 0 Å². The molecule has 0 bridgehead atoms. The lowest BCUT2D eigenvalue weighted by atomic mass is 10.0. The van der Waals surface area contributed by atoms with Crippen molar-refractivity contribution in [1.82, 2.24) is 0 Å². The highest BCUT2D eigenvalue weighted by Crippen LogP contribution is 2.43. The lowest BCUT2D eigenvalue weighted by Crippen LogP contribution is -1.98. The molecule has 0 saturated heterocycles. The van der Waals surface area contributed by atoms with Crippen molar-refractivity contribution in [3.63, 3.8) is 0 Å². The Morgan fingerprint density at radius 1 is 0.833 bits per heavy atom. The molecule has 1 aromatic rings. The molecule has 0 aromatic heterocycles. The van der Waals surface area contributed by atoms with Crippen molar-refractivity contribution < 1.29 is 28.7 Å². The van der Waals surface area contributed by atoms with E-state index in [1.54, 1.807) is 26.0 Å². The zero-order chi connectivity index (χ0) is 14.1. The third-order valence-corrected chi connectivity index (χ3v) is 4.05. The summed E-state index contributed by atoms with van der Waals surface area (Å²) in [5, 5.41) is 0. The van der Waals surface area contributed by atoms with Crippen molar-refractivity contribution >= 4 is 15.2 Å². The molecule has 0 saturated carbocycles. The predicted octanol–water partition coefficient (Wildman–Crippen LogP) is 1.66. The maximum atomic E-state index is 10.9. The van der Waals surface area contributed by atoms with E-state index in [2.05, 4.69) is 0 Å². The smallest absolute Gasteiger partial charge is 0.324 e. The Kier molecular flexibility index (Phi) is 4.55. The molecule has 6 nitrogen and oxygen atoms in total. The van der Waals surface area contributed by atoms with E-state index in [1.165, 1.54) is 0 Å². The summed E-state index contributed by atoms with van der Waals surface area (Å²) >= 11 is 0. The maximum absolute atomic E-state index is 10.9. The van der Waals surface area contributed by atoms with Crippen LogP contribution < -0.4 is 0 Å². The van der Waals surface area contributed by atoms with Gasteiger partial charge in [-0.15, -0.1) is 0 Å². The minimum Gasteiger partial charge on any atom is -0.324 e. The quantitative estimate of drug-likeness (QED) is 0.628. The molecule has 18 heavy (non-hydrogen) atoms. The molecule has 0 atom stereocenters. The number of benzene rings is 1. The van der Waals surface area contributed by atoms with Gasteiger partial charge in [-0.1, -0.05) is 12.1 Å². The molecule has 1 aromatic carbocycles. The van der Waals surface area contributed by atoms with Crippen LogP contribution in [0.3, 0.4) is 0 Å². The minimum atomic E-state index is -4.14. The van der Waals surface area contributed by atoms with E-state index in [-0.39, 0.29) is 12.3 Å². The van der Waals surface area contributed by atoms with Gasteiger partial charge in [-0.2, -0.15) is 0 Å². The van der Waals surface area contributed by atoms with Crippen LogP contribution in [0.5, 0.6) is 0 Å². The van der Waals surface area contributed by atoms with Crippen LogP contribution >= 0.6 is 15.2 Å². The van der Waals surface area contributed by atoms with E-state index < -0.39 is 15.2 Å². The van der Waals surface area contributed by atoms with Crippen molar-refractivity contribution in [2.75, 3.05) is 0 Å². The monoisotopic (exact) mass is 294 g/mol. The fourth-order valence-corrected chi connectivity index (χ4v) is 3.29. The summed E-state index contributed by atoms with van der Waals surface area (Å²) < 4.78 is 21.9. The first-order chi connectivity index (χ1) is 7.98. The van der Waals surface area contributed by atoms with Crippen molar-refractivity contribution in [3.8, 4) is 0 Å². The molecule has 0 fully saturated rings. The van der Waals surface area contributed by atoms with Gasteiger partial charge in [0.1, 0.15) is 0 Å². The highest BCUT2D eigenvalue weighted by atomic mass is 31.2. The van der Waals surface area contributed by atoms with Crippen LogP contribution in [0.2, 0.25) is 0 Å². The van der Waals surface area contributed by atoms with E-state index in [0.29, 0.717) is 22.3 Å². The van der Waals surface area contributed by atoms with E-state index in [4.69, 9.17) is 19.6 Å². The minimum absolute atomic E-state index is 0.365. The van der Waals surface area contributed by atoms with Gasteiger partial charge in [-0.3, -0.25) is 9.13 Å². The molecule has 0 unspecified atom stereocenters. The summed E-state index contributed by atoms with van der Waals surface area (Å²) in [4.78, 5) is 35.7. The van der Waals surface area contributed by atoms with Crippen molar-refractivity contribution in [1.29, 1.82) is 0 Å². The molecule has 0 heterocycles. The third-order valence-electron chi connectivity index (χ3n) is 2.55. The Morgan fingerprint density at radius 2 is 1.11 bits per heavy atom. The Morgan fingerprint density at radius 3 is 1.33 bits per heavy atom. The lowest BCUT2D eigenvalue weighted by molar-refractivity contribution is 0.369. The molecule has 102 valence electrons. The summed E-state index contributed by atoms with van der Waals surface area (Å²) in [5.74, 6) is 0. The Bertz CT molecular complexity index is 492. The van der Waals surface area contributed by atoms with Gasteiger partial charge in [0.25, 0.3) is 0 Å². The fourth-order valence-electron chi connectivity index (χ4n) is 1.72. The van der Waals surface area contributed by atoms with E-state index in [1.807, 2.05) is 0 Å². The summed E-state index contributed by atoms with van der Waals surface area (Å²) in [7, 11) is -8.29. The van der Waals surface area contributed by atoms with Crippen LogP contribution in [0.15, 0.2) is 12.1 Å². The Hall–Kier alpha value is -0.480. The molecule has 0 amide bonds. The second-order valence-electron chi connectivity index (χ2n) is 4.35. The highest BCUT2D eigenvalue weighted by Gasteiger charge is 2.19. The second-order valence-corrected chi connectivity index (χ2v) is 7.64. The van der Waals surface area contributed by atoms with Crippen molar-refractivity contribution in [2.45, 2.75) is 26.2 Å². The molecule has 0 aliphatic carbocycles. The first-order valence-corrected chi connectivity index (χ1v) is 8.75. The Balaban J connectivity index is 3.12. The molecule has 8 heteroatoms. The molecule has 0 spiro atoms. The summed E-state index contributed by atoms with van der Waals surface area (Å²) in [6.07, 6.45) is -0.730. The Labute approximate surface area is 105 Å². The van der Waals surface area contributed by atoms with Gasteiger partial charge in [0, 0.05) is 0 Å². The van der Waals surface area contributed by atoms with Crippen LogP contribution in [0, 0.1) is 13.8 Å². The molecule has 0 aliphatic rings. The molecular weight excluding hydrogens is 278 g/mol. The van der Waals surface area contributed by atoms with E-state index in [9.17, 15) is 9.13 Å². The van der Waals surface area contributed by atoms with Crippen LogP contribution in [0.1, 0.15) is 22.3 Å². The van der Waals surface area contributed by atoms with Crippen LogP contribution in [-0.4, -0.2) is 19.6 Å². The summed E-state index contributed by atoms with van der Waals surface area (Å²) in [5.41, 5.74) is 2.23. The topological polar surface area (TPSA) is 115 Å². The summed E-state index contributed by atoms with van der Waals surface area (Å²) in [6.45, 7) is 3.32. The molecule has 0 aliphatic heterocycles. The summed E-state index contributed by atoms with van der Waals surface area (Å²) in [6, 6.07) is 3.14. The molecule has 0 radical (unpaired) electrons. The van der Waals surface area contributed by atoms with E-state index in [0.717, 1.165) is 0 Å². The third kappa shape index (κ3) is 5.02. The van der Waals surface area contributed by atoms with Crippen LogP contribution in [0.25, 0.3) is 0 Å². The molecule has 4 N–H and O–H groups in total. The number of aryl methyl sites for hydroxylation is 2. The van der Waals surface area contributed by atoms with Crippen LogP contribution in [0.4, 0.5) is 0 Å². The number of rotatable bonds is 4. The second kappa shape index (κ2) is 5.25. The lowest BCUT2D eigenvalue weighted by Gasteiger charge is -2.13. The zero-order valence-corrected chi connectivity index (χ0v) is 11.9. The van der Waals surface area contributed by atoms with Gasteiger partial charge in [0.15, 0.2) is 0 Å². The van der Waals surface area contributed by atoms with Gasteiger partial charge in [0.05, 0.1) is 12.3 Å². The predicted molar refractivity (Wildman–Crippen MR) is 67.4 cm³/mol. The average molecular weight is 294 g/mol. The van der Waals surface area contributed by atoms with Crippen molar-refractivity contribution in [3.05, 3.63) is 34.4 Å². The molecular formula is C10H16O6P2. The zero-order valence-electron chi connectivity index (χ0n) is 10.1. The van der Waals surface area contributed by atoms with Crippen molar-refractivity contribution in [2.24, 2.45) is 0 Å². The largest absolute Gasteiger partial charge is 0.329 e. The SMILES string of the molecule is Cc1cc(CP(=O)(O)O)c(C)cc1CP(=O)(O)O. The van der Waals surface area contributed by atoms with E-state index >= 15 is 0 Å². The van der Waals surface area contributed by atoms with Gasteiger partial charge in [-0.25, -0.2) is 0 Å². The number of hydrogen-bond donors (Lipinski definition) is 4. The average Bonchev–Trinajstić information content (AvgIpc) is 2.08. The highest BCUT2D eigenvalue weighted by molar-refractivity contribution is 7.51. The van der Waals surface area contributed by atoms with Crippen LogP contribution in [-0.2, 0) is 21.5 Å². The number of hydrogen-bond acceptors (Lipinski definition) is 2.